The molecule has 3 aromatic rings. The van der Waals surface area contributed by atoms with Gasteiger partial charge in [-0.1, -0.05) is 0 Å². The highest BCUT2D eigenvalue weighted by Crippen LogP contribution is 2.33. The van der Waals surface area contributed by atoms with Gasteiger partial charge in [0, 0.05) is 49.8 Å². The molecule has 156 valence electrons. The van der Waals surface area contributed by atoms with Crippen LogP contribution in [0.5, 0.6) is 11.5 Å². The number of amides is 1. The summed E-state index contributed by atoms with van der Waals surface area (Å²) < 4.78 is 12.7. The van der Waals surface area contributed by atoms with Crippen molar-refractivity contribution in [2.24, 2.45) is 0 Å². The van der Waals surface area contributed by atoms with E-state index in [1.54, 1.807) is 26.7 Å². The van der Waals surface area contributed by atoms with Gasteiger partial charge in [-0.3, -0.25) is 9.69 Å². The van der Waals surface area contributed by atoms with E-state index in [0.29, 0.717) is 12.1 Å². The average molecular weight is 406 g/mol. The molecule has 0 saturated carbocycles. The molecule has 30 heavy (non-hydrogen) atoms. The number of rotatable bonds is 7. The van der Waals surface area contributed by atoms with Gasteiger partial charge in [-0.25, -0.2) is 4.98 Å². The number of carbonyl (C=O) groups excluding carboxylic acids is 1. The third kappa shape index (κ3) is 4.31. The Morgan fingerprint density at radius 1 is 1.10 bits per heavy atom. The molecular formula is C23H26N4O3. The minimum Gasteiger partial charge on any atom is -0.493 e. The fourth-order valence-electron chi connectivity index (χ4n) is 3.76. The molecule has 1 aromatic heterocycles. The van der Waals surface area contributed by atoms with Crippen LogP contribution in [0.1, 0.15) is 21.5 Å². The number of aromatic nitrogens is 2. The van der Waals surface area contributed by atoms with Crippen LogP contribution in [-0.2, 0) is 13.0 Å². The summed E-state index contributed by atoms with van der Waals surface area (Å²) in [6, 6.07) is 11.6. The topological polar surface area (TPSA) is 68.6 Å². The number of carbonyl (C=O) groups is 1. The number of nitrogens with zero attached hydrogens (tertiary/aromatic N) is 3. The predicted molar refractivity (Wildman–Crippen MR) is 114 cm³/mol. The highest BCUT2D eigenvalue weighted by Gasteiger charge is 2.19. The predicted octanol–water partition coefficient (Wildman–Crippen LogP) is 2.68. The maximum atomic E-state index is 12.5. The van der Waals surface area contributed by atoms with Gasteiger partial charge in [-0.15, -0.1) is 0 Å². The third-order valence-electron chi connectivity index (χ3n) is 5.44. The molecule has 0 radical (unpaired) electrons. The van der Waals surface area contributed by atoms with Gasteiger partial charge in [-0.2, -0.15) is 0 Å². The van der Waals surface area contributed by atoms with E-state index < -0.39 is 0 Å². The zero-order valence-electron chi connectivity index (χ0n) is 17.3. The third-order valence-corrected chi connectivity index (χ3v) is 5.44. The first kappa shape index (κ1) is 20.0. The normalized spacial score (nSPS) is 13.5. The maximum absolute atomic E-state index is 12.5. The number of benzene rings is 2. The molecule has 0 spiro atoms. The van der Waals surface area contributed by atoms with Crippen molar-refractivity contribution in [2.75, 3.05) is 33.9 Å². The molecule has 0 fully saturated rings. The van der Waals surface area contributed by atoms with Gasteiger partial charge in [0.25, 0.3) is 5.91 Å². The van der Waals surface area contributed by atoms with Gasteiger partial charge in [0.1, 0.15) is 0 Å². The van der Waals surface area contributed by atoms with E-state index in [0.717, 1.165) is 43.2 Å². The van der Waals surface area contributed by atoms with Crippen LogP contribution in [-0.4, -0.2) is 54.2 Å². The summed E-state index contributed by atoms with van der Waals surface area (Å²) in [6.07, 6.45) is 6.29. The number of hydrogen-bond acceptors (Lipinski definition) is 5. The smallest absolute Gasteiger partial charge is 0.251 e. The lowest BCUT2D eigenvalue weighted by Crippen LogP contribution is -2.37. The minimum absolute atomic E-state index is 0.0593. The van der Waals surface area contributed by atoms with Crippen LogP contribution < -0.4 is 14.8 Å². The first-order chi connectivity index (χ1) is 14.7. The lowest BCUT2D eigenvalue weighted by Gasteiger charge is -2.29. The average Bonchev–Trinajstić information content (AvgIpc) is 3.33. The Hall–Kier alpha value is -3.32. The molecule has 1 amide bonds. The number of ether oxygens (including phenoxy) is 2. The zero-order chi connectivity index (χ0) is 20.9. The SMILES string of the molecule is COc1cc2c(cc1OC)CN(CCNC(=O)c1ccc(-n3ccnc3)cc1)CC2. The number of nitrogens with one attached hydrogen (secondary N) is 1. The molecular weight excluding hydrogens is 380 g/mol. The fourth-order valence-corrected chi connectivity index (χ4v) is 3.76. The van der Waals surface area contributed by atoms with Crippen LogP contribution in [0.15, 0.2) is 55.1 Å². The Morgan fingerprint density at radius 2 is 1.83 bits per heavy atom. The second-order valence-electron chi connectivity index (χ2n) is 7.27. The van der Waals surface area contributed by atoms with Gasteiger partial charge >= 0.3 is 0 Å². The molecule has 4 rings (SSSR count). The van der Waals surface area contributed by atoms with E-state index in [-0.39, 0.29) is 5.91 Å². The van der Waals surface area contributed by atoms with E-state index >= 15 is 0 Å². The quantitative estimate of drug-likeness (QED) is 0.653. The van der Waals surface area contributed by atoms with Crippen LogP contribution in [0.3, 0.4) is 0 Å². The Morgan fingerprint density at radius 3 is 2.50 bits per heavy atom. The monoisotopic (exact) mass is 406 g/mol. The molecule has 0 bridgehead atoms. The second-order valence-corrected chi connectivity index (χ2v) is 7.27. The lowest BCUT2D eigenvalue weighted by molar-refractivity contribution is 0.0947. The summed E-state index contributed by atoms with van der Waals surface area (Å²) >= 11 is 0. The van der Waals surface area contributed by atoms with Crippen molar-refractivity contribution in [1.82, 2.24) is 19.8 Å². The van der Waals surface area contributed by atoms with E-state index in [9.17, 15) is 4.79 Å². The van der Waals surface area contributed by atoms with Crippen molar-refractivity contribution < 1.29 is 14.3 Å². The van der Waals surface area contributed by atoms with Crippen LogP contribution >= 0.6 is 0 Å². The first-order valence-electron chi connectivity index (χ1n) is 10.0. The number of fused-ring (bicyclic) bond motifs is 1. The van der Waals surface area contributed by atoms with E-state index in [1.807, 2.05) is 35.0 Å². The molecule has 0 unspecified atom stereocenters. The highest BCUT2D eigenvalue weighted by atomic mass is 16.5. The van der Waals surface area contributed by atoms with Crippen molar-refractivity contribution in [3.8, 4) is 17.2 Å². The summed E-state index contributed by atoms with van der Waals surface area (Å²) in [4.78, 5) is 18.8. The second kappa shape index (κ2) is 9.00. The molecule has 0 saturated heterocycles. The van der Waals surface area contributed by atoms with Crippen molar-refractivity contribution in [2.45, 2.75) is 13.0 Å². The Labute approximate surface area is 176 Å². The summed E-state index contributed by atoms with van der Waals surface area (Å²) in [7, 11) is 3.32. The molecule has 1 aliphatic heterocycles. The van der Waals surface area contributed by atoms with E-state index in [2.05, 4.69) is 27.3 Å². The standard InChI is InChI=1S/C23H26N4O3/c1-29-21-13-18-7-10-26(15-19(18)14-22(21)30-2)11-9-25-23(28)17-3-5-20(6-4-17)27-12-8-24-16-27/h3-6,8,12-14,16H,7,9-11,15H2,1-2H3,(H,25,28). The molecule has 7 nitrogen and oxygen atoms in total. The molecule has 1 aliphatic rings. The van der Waals surface area contributed by atoms with Crippen LogP contribution in [0.2, 0.25) is 0 Å². The molecule has 2 heterocycles. The van der Waals surface area contributed by atoms with Crippen molar-refractivity contribution in [1.29, 1.82) is 0 Å². The number of hydrogen-bond donors (Lipinski definition) is 1. The summed E-state index contributed by atoms with van der Waals surface area (Å²) in [6.45, 7) is 3.19. The van der Waals surface area contributed by atoms with Gasteiger partial charge in [0.05, 0.1) is 20.5 Å². The molecule has 7 heteroatoms. The summed E-state index contributed by atoms with van der Waals surface area (Å²) in [5.41, 5.74) is 4.18. The largest absolute Gasteiger partial charge is 0.493 e. The lowest BCUT2D eigenvalue weighted by atomic mass is 9.99. The Kier molecular flexibility index (Phi) is 5.99. The van der Waals surface area contributed by atoms with Gasteiger partial charge in [0.2, 0.25) is 0 Å². The molecule has 0 aliphatic carbocycles. The number of methoxy groups -OCH3 is 2. The van der Waals surface area contributed by atoms with Gasteiger partial charge in [0.15, 0.2) is 11.5 Å². The first-order valence-corrected chi connectivity index (χ1v) is 10.0. The Balaban J connectivity index is 1.30. The highest BCUT2D eigenvalue weighted by molar-refractivity contribution is 5.94. The Bertz CT molecular complexity index is 1000. The van der Waals surface area contributed by atoms with Crippen LogP contribution in [0, 0.1) is 0 Å². The summed E-state index contributed by atoms with van der Waals surface area (Å²) in [5.74, 6) is 1.47. The van der Waals surface area contributed by atoms with Crippen molar-refractivity contribution in [3.05, 3.63) is 71.8 Å². The fraction of sp³-hybridized carbons (Fsp3) is 0.304. The molecule has 2 aromatic carbocycles. The maximum Gasteiger partial charge on any atom is 0.251 e. The van der Waals surface area contributed by atoms with Crippen molar-refractivity contribution >= 4 is 5.91 Å². The van der Waals surface area contributed by atoms with Crippen LogP contribution in [0.25, 0.3) is 5.69 Å². The van der Waals surface area contributed by atoms with Gasteiger partial charge in [-0.05, 0) is 53.9 Å². The van der Waals surface area contributed by atoms with Crippen molar-refractivity contribution in [3.63, 3.8) is 0 Å². The molecule has 1 N–H and O–H groups in total. The van der Waals surface area contributed by atoms with Crippen LogP contribution in [0.4, 0.5) is 0 Å². The molecule has 0 atom stereocenters. The van der Waals surface area contributed by atoms with Gasteiger partial charge < -0.3 is 19.4 Å². The number of imidazole rings is 1. The minimum atomic E-state index is -0.0593. The summed E-state index contributed by atoms with van der Waals surface area (Å²) in [5, 5.41) is 3.02. The zero-order valence-corrected chi connectivity index (χ0v) is 17.3. The van der Waals surface area contributed by atoms with E-state index in [4.69, 9.17) is 9.47 Å². The van der Waals surface area contributed by atoms with E-state index in [1.165, 1.54) is 11.1 Å².